The van der Waals surface area contributed by atoms with Gasteiger partial charge in [-0.1, -0.05) is 43.5 Å². The molecule has 1 aromatic heterocycles. The van der Waals surface area contributed by atoms with Crippen LogP contribution in [0.3, 0.4) is 0 Å². The number of imidazole rings is 1. The van der Waals surface area contributed by atoms with Crippen LogP contribution in [0.25, 0.3) is 11.0 Å². The highest BCUT2D eigenvalue weighted by molar-refractivity contribution is 6.30. The Morgan fingerprint density at radius 1 is 0.927 bits per heavy atom. The van der Waals surface area contributed by atoms with E-state index in [2.05, 4.69) is 46.4 Å². The predicted octanol–water partition coefficient (Wildman–Crippen LogP) is 8.60. The first-order valence-electron chi connectivity index (χ1n) is 14.9. The Labute approximate surface area is 270 Å². The van der Waals surface area contributed by atoms with Crippen molar-refractivity contribution in [1.29, 1.82) is 0 Å². The number of fused-ring (bicyclic) bond motifs is 1. The third-order valence-electron chi connectivity index (χ3n) is 8.61. The summed E-state index contributed by atoms with van der Waals surface area (Å²) in [4.78, 5) is 10.5. The summed E-state index contributed by atoms with van der Waals surface area (Å²) < 4.78 is 8.51. The molecule has 5 rings (SSSR count). The lowest BCUT2D eigenvalue weighted by molar-refractivity contribution is 0.103. The molecule has 0 bridgehead atoms. The Hall–Kier alpha value is -1.21. The molecule has 0 radical (unpaired) electrons. The molecule has 0 spiro atoms. The lowest BCUT2D eigenvalue weighted by atomic mass is 9.96. The number of rotatable bonds is 11. The first kappa shape index (κ1) is 36.0. The Balaban J connectivity index is 0.00000196. The van der Waals surface area contributed by atoms with Crippen LogP contribution >= 0.6 is 48.8 Å². The van der Waals surface area contributed by atoms with E-state index >= 15 is 0 Å². The van der Waals surface area contributed by atoms with Gasteiger partial charge in [-0.05, 0) is 113 Å². The van der Waals surface area contributed by atoms with Gasteiger partial charge in [0, 0.05) is 24.2 Å². The van der Waals surface area contributed by atoms with E-state index in [4.69, 9.17) is 21.3 Å². The highest BCUT2D eigenvalue weighted by Gasteiger charge is 2.25. The molecule has 0 amide bonds. The van der Waals surface area contributed by atoms with Crippen molar-refractivity contribution in [2.75, 3.05) is 32.7 Å². The minimum atomic E-state index is 0. The summed E-state index contributed by atoms with van der Waals surface area (Å²) in [6.45, 7) is 12.4. The van der Waals surface area contributed by atoms with E-state index in [1.807, 2.05) is 24.3 Å². The van der Waals surface area contributed by atoms with Crippen molar-refractivity contribution in [1.82, 2.24) is 19.4 Å². The Bertz CT molecular complexity index is 1170. The van der Waals surface area contributed by atoms with E-state index in [1.165, 1.54) is 88.7 Å². The van der Waals surface area contributed by atoms with Crippen LogP contribution in [0.15, 0.2) is 42.5 Å². The van der Waals surface area contributed by atoms with Gasteiger partial charge in [-0.2, -0.15) is 0 Å². The number of aryl methyl sites for hydroxylation is 2. The molecular weight excluding hydrogens is 598 g/mol. The molecule has 2 atom stereocenters. The largest absolute Gasteiger partial charge is 0.486 e. The summed E-state index contributed by atoms with van der Waals surface area (Å²) >= 11 is 6.05. The van der Waals surface area contributed by atoms with Gasteiger partial charge in [0.15, 0.2) is 0 Å². The van der Waals surface area contributed by atoms with Crippen molar-refractivity contribution in [2.24, 2.45) is 5.92 Å². The van der Waals surface area contributed by atoms with E-state index < -0.39 is 0 Å². The molecule has 2 aromatic carbocycles. The minimum Gasteiger partial charge on any atom is -0.486 e. The summed E-state index contributed by atoms with van der Waals surface area (Å²) in [6.07, 6.45) is 10.8. The van der Waals surface area contributed by atoms with Gasteiger partial charge in [0.25, 0.3) is 0 Å². The first-order valence-corrected chi connectivity index (χ1v) is 15.2. The molecule has 0 aliphatic carbocycles. The van der Waals surface area contributed by atoms with Crippen molar-refractivity contribution in [3.05, 3.63) is 58.9 Å². The third-order valence-corrected chi connectivity index (χ3v) is 8.86. The van der Waals surface area contributed by atoms with Gasteiger partial charge in [-0.15, -0.1) is 37.2 Å². The molecule has 0 saturated carbocycles. The molecular formula is C32H48Cl4N4O. The molecule has 1 unspecified atom stereocenters. The Kier molecular flexibility index (Phi) is 15.6. The van der Waals surface area contributed by atoms with Gasteiger partial charge in [-0.25, -0.2) is 4.98 Å². The van der Waals surface area contributed by atoms with Crippen molar-refractivity contribution in [2.45, 2.75) is 84.4 Å². The number of likely N-dealkylation sites (tertiary alicyclic amines) is 2. The molecule has 41 heavy (non-hydrogen) atoms. The fourth-order valence-electron chi connectivity index (χ4n) is 6.36. The minimum absolute atomic E-state index is 0. The number of aromatic nitrogens is 2. The molecule has 3 aromatic rings. The highest BCUT2D eigenvalue weighted by atomic mass is 35.5. The predicted molar refractivity (Wildman–Crippen MR) is 180 cm³/mol. The summed E-state index contributed by atoms with van der Waals surface area (Å²) in [5, 5.41) is 0.719. The number of hydrogen-bond donors (Lipinski definition) is 0. The summed E-state index contributed by atoms with van der Waals surface area (Å²) in [6, 6.07) is 14.8. The van der Waals surface area contributed by atoms with E-state index in [1.54, 1.807) is 0 Å². The van der Waals surface area contributed by atoms with Crippen molar-refractivity contribution >= 4 is 59.9 Å². The number of para-hydroxylation sites is 1. The maximum Gasteiger partial charge on any atom is 0.148 e. The van der Waals surface area contributed by atoms with Crippen molar-refractivity contribution in [3.8, 4) is 5.75 Å². The molecule has 2 aliphatic heterocycles. The number of ether oxygens (including phenoxy) is 1. The van der Waals surface area contributed by atoms with Crippen molar-refractivity contribution in [3.63, 3.8) is 0 Å². The second-order valence-electron chi connectivity index (χ2n) is 11.6. The quantitative estimate of drug-likeness (QED) is 0.209. The molecule has 5 nitrogen and oxygen atoms in total. The van der Waals surface area contributed by atoms with Crippen LogP contribution in [-0.4, -0.2) is 58.1 Å². The number of piperidine rings is 2. The third kappa shape index (κ3) is 9.91. The van der Waals surface area contributed by atoms with Gasteiger partial charge in [0.05, 0.1) is 11.0 Å². The molecule has 0 N–H and O–H groups in total. The molecule has 3 heterocycles. The fourth-order valence-corrected chi connectivity index (χ4v) is 6.48. The average molecular weight is 647 g/mol. The Morgan fingerprint density at radius 2 is 1.66 bits per heavy atom. The van der Waals surface area contributed by atoms with Crippen LogP contribution in [0.5, 0.6) is 5.75 Å². The molecule has 2 aliphatic rings. The summed E-state index contributed by atoms with van der Waals surface area (Å²) in [7, 11) is 0. The maximum absolute atomic E-state index is 6.12. The second kappa shape index (κ2) is 17.8. The summed E-state index contributed by atoms with van der Waals surface area (Å²) in [5.74, 6) is 2.45. The van der Waals surface area contributed by atoms with Crippen LogP contribution in [0.2, 0.25) is 5.02 Å². The van der Waals surface area contributed by atoms with Gasteiger partial charge >= 0.3 is 0 Å². The van der Waals surface area contributed by atoms with E-state index in [-0.39, 0.29) is 37.2 Å². The Morgan fingerprint density at radius 3 is 2.41 bits per heavy atom. The fraction of sp³-hybridized carbons (Fsp3) is 0.594. The molecule has 2 fully saturated rings. The van der Waals surface area contributed by atoms with Gasteiger partial charge in [0.2, 0.25) is 0 Å². The van der Waals surface area contributed by atoms with Crippen LogP contribution in [0, 0.1) is 12.8 Å². The topological polar surface area (TPSA) is 33.5 Å². The second-order valence-corrected chi connectivity index (χ2v) is 12.0. The van der Waals surface area contributed by atoms with E-state index in [9.17, 15) is 0 Å². The van der Waals surface area contributed by atoms with Crippen LogP contribution in [-0.2, 0) is 13.2 Å². The zero-order valence-corrected chi connectivity index (χ0v) is 27.8. The van der Waals surface area contributed by atoms with Gasteiger partial charge in [-0.3, -0.25) is 0 Å². The molecule has 230 valence electrons. The smallest absolute Gasteiger partial charge is 0.148 e. The normalized spacial score (nSPS) is 18.7. The van der Waals surface area contributed by atoms with E-state index in [0.29, 0.717) is 12.5 Å². The maximum atomic E-state index is 6.12. The average Bonchev–Trinajstić information content (AvgIpc) is 3.30. The van der Waals surface area contributed by atoms with Crippen LogP contribution in [0.1, 0.15) is 69.7 Å². The lowest BCUT2D eigenvalue weighted by Gasteiger charge is -2.39. The highest BCUT2D eigenvalue weighted by Crippen LogP contribution is 2.25. The van der Waals surface area contributed by atoms with Crippen LogP contribution in [0.4, 0.5) is 0 Å². The van der Waals surface area contributed by atoms with Gasteiger partial charge < -0.3 is 19.1 Å². The van der Waals surface area contributed by atoms with Crippen molar-refractivity contribution < 1.29 is 4.74 Å². The standard InChI is InChI=1S/C32H45ClN4O.3ClH/c1-25(23-36-20-7-4-10-28(36)17-21-35-18-5-3-6-19-35)16-22-37-30-11-8-9-26(2)32(30)34-31(37)24-38-29-14-12-27(33)13-15-29;;;/h8-9,11-15,25,28H,3-7,10,16-24H2,1-2H3;3*1H/t25?,28-;;;/m0.../s1. The lowest BCUT2D eigenvalue weighted by Crippen LogP contribution is -2.44. The monoisotopic (exact) mass is 644 g/mol. The zero-order chi connectivity index (χ0) is 26.3. The number of benzene rings is 2. The van der Waals surface area contributed by atoms with Crippen LogP contribution < -0.4 is 4.74 Å². The number of nitrogens with zero attached hydrogens (tertiary/aromatic N) is 4. The first-order chi connectivity index (χ1) is 18.6. The summed E-state index contributed by atoms with van der Waals surface area (Å²) in [5.41, 5.74) is 3.51. The zero-order valence-electron chi connectivity index (χ0n) is 24.6. The number of halogens is 4. The van der Waals surface area contributed by atoms with Gasteiger partial charge in [0.1, 0.15) is 18.2 Å². The number of hydrogen-bond acceptors (Lipinski definition) is 4. The SMILES string of the molecule is Cc1cccc2c1nc(COc1ccc(Cl)cc1)n2CCC(C)CN1CCCC[C@H]1CCN1CCCCC1.Cl.Cl.Cl. The molecule has 2 saturated heterocycles. The molecule has 9 heteroatoms. The van der Waals surface area contributed by atoms with E-state index in [0.717, 1.165) is 41.1 Å².